The minimum absolute atomic E-state index is 0.371. The molecule has 1 amide bonds. The number of benzene rings is 2. The molecule has 0 saturated carbocycles. The molecule has 2 aromatic heterocycles. The number of carbonyl (C=O) groups excluding carboxylic acids is 2. The number of nitrogens with one attached hydrogen (secondary N) is 1. The Morgan fingerprint density at radius 3 is 2.30 bits per heavy atom. The monoisotopic (exact) mass is 466 g/mol. The van der Waals surface area contributed by atoms with Crippen LogP contribution in [0.2, 0.25) is 0 Å². The maximum atomic E-state index is 12.5. The lowest BCUT2D eigenvalue weighted by Gasteiger charge is -2.09. The van der Waals surface area contributed by atoms with Crippen LogP contribution in [-0.4, -0.2) is 36.7 Å². The summed E-state index contributed by atoms with van der Waals surface area (Å²) in [5.41, 5.74) is 2.22. The molecule has 0 saturated heterocycles. The van der Waals surface area contributed by atoms with Gasteiger partial charge in [-0.25, -0.2) is 23.0 Å². The molecule has 2 heterocycles. The number of para-hydroxylation sites is 1. The molecule has 10 nitrogen and oxygen atoms in total. The molecule has 0 aliphatic rings. The lowest BCUT2D eigenvalue weighted by atomic mass is 10.2. The molecule has 0 unspecified atom stereocenters. The second-order valence-corrected chi connectivity index (χ2v) is 8.31. The number of nitrogens with two attached hydrogens (primary N) is 1. The fourth-order valence-electron chi connectivity index (χ4n) is 2.95. The zero-order valence-corrected chi connectivity index (χ0v) is 17.9. The van der Waals surface area contributed by atoms with E-state index in [0.717, 1.165) is 23.4 Å². The number of esters is 1. The van der Waals surface area contributed by atoms with Gasteiger partial charge in [0.25, 0.3) is 15.9 Å². The van der Waals surface area contributed by atoms with Crippen LogP contribution in [0.5, 0.6) is 0 Å². The van der Waals surface area contributed by atoms with E-state index in [1.165, 1.54) is 0 Å². The van der Waals surface area contributed by atoms with Crippen molar-refractivity contribution in [2.75, 3.05) is 11.9 Å². The van der Waals surface area contributed by atoms with Crippen LogP contribution < -0.4 is 10.5 Å². The Balaban J connectivity index is 1.49. The van der Waals surface area contributed by atoms with Gasteiger partial charge in [-0.05, 0) is 24.3 Å². The Morgan fingerprint density at radius 1 is 1.00 bits per heavy atom. The van der Waals surface area contributed by atoms with Gasteiger partial charge in [0, 0.05) is 11.6 Å². The molecule has 0 radical (unpaired) electrons. The third-order valence-corrected chi connectivity index (χ3v) is 5.22. The molecule has 11 heteroatoms. The molecule has 0 bridgehead atoms. The number of hydrogen-bond donors (Lipinski definition) is 2. The maximum absolute atomic E-state index is 12.5. The number of ether oxygens (including phenoxy) is 1. The van der Waals surface area contributed by atoms with Crippen LogP contribution in [0.3, 0.4) is 0 Å². The minimum Gasteiger partial charge on any atom is -0.450 e. The number of rotatable bonds is 7. The molecule has 2 aromatic carbocycles. The Hall–Kier alpha value is -4.22. The molecule has 0 aliphatic heterocycles. The molecule has 0 fully saturated rings. The van der Waals surface area contributed by atoms with Crippen molar-refractivity contribution < 1.29 is 27.2 Å². The summed E-state index contributed by atoms with van der Waals surface area (Å²) in [6, 6.07) is 22.5. The highest BCUT2D eigenvalue weighted by Crippen LogP contribution is 2.24. The first kappa shape index (κ1) is 22.0. The number of anilines is 1. The van der Waals surface area contributed by atoms with Gasteiger partial charge in [0.2, 0.25) is 10.9 Å². The van der Waals surface area contributed by atoms with Crippen molar-refractivity contribution in [1.82, 2.24) is 9.78 Å². The number of aromatic nitrogens is 2. The van der Waals surface area contributed by atoms with Crippen molar-refractivity contribution in [3.8, 4) is 16.9 Å². The number of hydrogen-bond acceptors (Lipinski definition) is 7. The number of nitrogens with zero attached hydrogens (tertiary/aromatic N) is 2. The lowest BCUT2D eigenvalue weighted by molar-refractivity contribution is -0.119. The Labute approximate surface area is 188 Å². The van der Waals surface area contributed by atoms with Gasteiger partial charge in [-0.15, -0.1) is 0 Å². The SMILES string of the molecule is NS(=O)(=O)c1ccc(C(=O)OCC(=O)Nc2cc(-c3ccccc3)nn2-c2ccccc2)o1. The topological polar surface area (TPSA) is 147 Å². The van der Waals surface area contributed by atoms with E-state index in [9.17, 15) is 18.0 Å². The smallest absolute Gasteiger partial charge is 0.374 e. The Kier molecular flexibility index (Phi) is 6.07. The molecule has 33 heavy (non-hydrogen) atoms. The van der Waals surface area contributed by atoms with Crippen LogP contribution in [0.4, 0.5) is 5.82 Å². The summed E-state index contributed by atoms with van der Waals surface area (Å²) in [6.07, 6.45) is 0. The molecule has 0 spiro atoms. The Bertz CT molecular complexity index is 1400. The van der Waals surface area contributed by atoms with E-state index in [4.69, 9.17) is 14.3 Å². The lowest BCUT2D eigenvalue weighted by Crippen LogP contribution is -2.22. The number of carbonyl (C=O) groups is 2. The summed E-state index contributed by atoms with van der Waals surface area (Å²) >= 11 is 0. The van der Waals surface area contributed by atoms with Crippen LogP contribution in [0, 0.1) is 0 Å². The first-order valence-corrected chi connectivity index (χ1v) is 11.2. The van der Waals surface area contributed by atoms with Crippen LogP contribution in [0.1, 0.15) is 10.6 Å². The average Bonchev–Trinajstić information content (AvgIpc) is 3.47. The van der Waals surface area contributed by atoms with Crippen molar-refractivity contribution in [1.29, 1.82) is 0 Å². The Morgan fingerprint density at radius 2 is 1.67 bits per heavy atom. The van der Waals surface area contributed by atoms with Gasteiger partial charge >= 0.3 is 5.97 Å². The van der Waals surface area contributed by atoms with Gasteiger partial charge < -0.3 is 14.5 Å². The van der Waals surface area contributed by atoms with E-state index in [1.54, 1.807) is 10.7 Å². The van der Waals surface area contributed by atoms with Gasteiger partial charge in [-0.3, -0.25) is 4.79 Å². The highest BCUT2D eigenvalue weighted by molar-refractivity contribution is 7.89. The summed E-state index contributed by atoms with van der Waals surface area (Å²) in [4.78, 5) is 24.5. The average molecular weight is 466 g/mol. The third kappa shape index (κ3) is 5.17. The maximum Gasteiger partial charge on any atom is 0.374 e. The number of amides is 1. The summed E-state index contributed by atoms with van der Waals surface area (Å²) in [5.74, 6) is -1.66. The van der Waals surface area contributed by atoms with E-state index in [2.05, 4.69) is 10.4 Å². The van der Waals surface area contributed by atoms with Crippen LogP contribution >= 0.6 is 0 Å². The molecule has 3 N–H and O–H groups in total. The van der Waals surface area contributed by atoms with Gasteiger partial charge in [0.15, 0.2) is 6.61 Å². The normalized spacial score (nSPS) is 11.2. The summed E-state index contributed by atoms with van der Waals surface area (Å²) in [5, 5.41) is 11.6. The van der Waals surface area contributed by atoms with E-state index in [0.29, 0.717) is 11.5 Å². The predicted molar refractivity (Wildman–Crippen MR) is 118 cm³/mol. The third-order valence-electron chi connectivity index (χ3n) is 4.44. The van der Waals surface area contributed by atoms with Crippen LogP contribution in [0.15, 0.2) is 88.4 Å². The number of primary sulfonamides is 1. The number of furan rings is 1. The molecular weight excluding hydrogens is 448 g/mol. The van der Waals surface area contributed by atoms with Gasteiger partial charge in [0.05, 0.1) is 11.4 Å². The molecule has 0 aliphatic carbocycles. The van der Waals surface area contributed by atoms with Crippen molar-refractivity contribution in [3.05, 3.63) is 84.6 Å². The first-order chi connectivity index (χ1) is 15.8. The summed E-state index contributed by atoms with van der Waals surface area (Å²) in [7, 11) is -4.10. The highest BCUT2D eigenvalue weighted by Gasteiger charge is 2.20. The fraction of sp³-hybridized carbons (Fsp3) is 0.0455. The first-order valence-electron chi connectivity index (χ1n) is 9.62. The van der Waals surface area contributed by atoms with Crippen LogP contribution in [0.25, 0.3) is 16.9 Å². The molecule has 168 valence electrons. The van der Waals surface area contributed by atoms with Gasteiger partial charge in [-0.2, -0.15) is 5.10 Å². The van der Waals surface area contributed by atoms with Crippen molar-refractivity contribution in [2.24, 2.45) is 5.14 Å². The highest BCUT2D eigenvalue weighted by atomic mass is 32.2. The van der Waals surface area contributed by atoms with Crippen molar-refractivity contribution in [2.45, 2.75) is 5.09 Å². The van der Waals surface area contributed by atoms with E-state index in [1.807, 2.05) is 60.7 Å². The second-order valence-electron chi connectivity index (χ2n) is 6.82. The van der Waals surface area contributed by atoms with E-state index < -0.39 is 39.4 Å². The largest absolute Gasteiger partial charge is 0.450 e. The van der Waals surface area contributed by atoms with Crippen LogP contribution in [-0.2, 0) is 19.6 Å². The zero-order chi connectivity index (χ0) is 23.4. The summed E-state index contributed by atoms with van der Waals surface area (Å²) < 4.78 is 33.8. The van der Waals surface area contributed by atoms with E-state index >= 15 is 0 Å². The standard InChI is InChI=1S/C22H18N4O6S/c23-33(29,30)21-12-11-18(32-21)22(28)31-14-20(27)24-19-13-17(15-7-3-1-4-8-15)25-26(19)16-9-5-2-6-10-16/h1-13H,14H2,(H,24,27)(H2,23,29,30). The molecule has 4 rings (SSSR count). The van der Waals surface area contributed by atoms with Gasteiger partial charge in [0.1, 0.15) is 5.82 Å². The summed E-state index contributed by atoms with van der Waals surface area (Å²) in [6.45, 7) is -0.634. The second kappa shape index (κ2) is 9.10. The molecular formula is C22H18N4O6S. The van der Waals surface area contributed by atoms with Gasteiger partial charge in [-0.1, -0.05) is 48.5 Å². The molecule has 0 atom stereocenters. The van der Waals surface area contributed by atoms with Crippen molar-refractivity contribution in [3.63, 3.8) is 0 Å². The quantitative estimate of drug-likeness (QED) is 0.398. The molecule has 4 aromatic rings. The van der Waals surface area contributed by atoms with E-state index in [-0.39, 0.29) is 0 Å². The minimum atomic E-state index is -4.10. The zero-order valence-electron chi connectivity index (χ0n) is 17.0. The fourth-order valence-corrected chi connectivity index (χ4v) is 3.41. The number of sulfonamides is 1. The predicted octanol–water partition coefficient (Wildman–Crippen LogP) is 2.58. The van der Waals surface area contributed by atoms with Crippen molar-refractivity contribution >= 4 is 27.7 Å².